The zero-order chi connectivity index (χ0) is 24.8. The minimum Gasteiger partial charge on any atom is -0.309 e. The highest BCUT2D eigenvalue weighted by molar-refractivity contribution is 5.82. The van der Waals surface area contributed by atoms with Crippen molar-refractivity contribution in [2.75, 3.05) is 41.3 Å². The summed E-state index contributed by atoms with van der Waals surface area (Å²) in [5, 5.41) is 0. The van der Waals surface area contributed by atoms with Crippen LogP contribution in [-0.4, -0.2) is 51.1 Å². The van der Waals surface area contributed by atoms with E-state index < -0.39 is 0 Å². The number of rotatable bonds is 7. The van der Waals surface area contributed by atoms with Crippen molar-refractivity contribution in [2.45, 2.75) is 77.6 Å². The predicted molar refractivity (Wildman–Crippen MR) is 146 cm³/mol. The Morgan fingerprint density at radius 3 is 1.48 bits per heavy atom. The molecule has 2 nitrogen and oxygen atoms in total. The van der Waals surface area contributed by atoms with Crippen LogP contribution in [0.2, 0.25) is 0 Å². The first-order valence-corrected chi connectivity index (χ1v) is 12.8. The molecule has 0 fully saturated rings. The first-order valence-electron chi connectivity index (χ1n) is 12.8. The Balaban J connectivity index is 2.32. The second-order valence-electron chi connectivity index (χ2n) is 13.0. The van der Waals surface area contributed by atoms with Gasteiger partial charge in [-0.3, -0.25) is 0 Å². The van der Waals surface area contributed by atoms with E-state index in [0.29, 0.717) is 5.92 Å². The van der Waals surface area contributed by atoms with E-state index in [0.717, 1.165) is 19.5 Å². The minimum atomic E-state index is 0.0352. The predicted octanol–water partition coefficient (Wildman–Crippen LogP) is 7.09. The molecule has 1 aliphatic rings. The molecule has 182 valence electrons. The number of hydrogen-bond donors (Lipinski definition) is 0. The maximum absolute atomic E-state index is 2.56. The maximum atomic E-state index is 2.56. The van der Waals surface area contributed by atoms with Crippen LogP contribution < -0.4 is 0 Å². The third kappa shape index (κ3) is 5.08. The molecule has 2 aromatic carbocycles. The third-order valence-corrected chi connectivity index (χ3v) is 7.83. The molecule has 0 N–H and O–H groups in total. The van der Waals surface area contributed by atoms with E-state index in [2.05, 4.69) is 123 Å². The van der Waals surface area contributed by atoms with Crippen LogP contribution in [0.3, 0.4) is 0 Å². The van der Waals surface area contributed by atoms with Crippen LogP contribution in [0.15, 0.2) is 36.4 Å². The molecule has 0 spiro atoms. The van der Waals surface area contributed by atoms with Gasteiger partial charge in [0.25, 0.3) is 0 Å². The van der Waals surface area contributed by atoms with Gasteiger partial charge in [-0.05, 0) is 104 Å². The van der Waals surface area contributed by atoms with E-state index in [1.54, 1.807) is 11.1 Å². The molecule has 0 aromatic heterocycles. The molecule has 0 saturated carbocycles. The molecule has 0 amide bonds. The van der Waals surface area contributed by atoms with E-state index in [4.69, 9.17) is 0 Å². The molecule has 1 atom stereocenters. The summed E-state index contributed by atoms with van der Waals surface area (Å²) in [6.45, 7) is 18.7. The largest absolute Gasteiger partial charge is 0.309 e. The highest BCUT2D eigenvalue weighted by Crippen LogP contribution is 2.56. The van der Waals surface area contributed by atoms with E-state index in [1.165, 1.54) is 28.7 Å². The van der Waals surface area contributed by atoms with Gasteiger partial charge in [-0.2, -0.15) is 0 Å². The zero-order valence-corrected chi connectivity index (χ0v) is 23.3. The molecule has 0 heterocycles. The lowest BCUT2D eigenvalue weighted by atomic mass is 9.64. The van der Waals surface area contributed by atoms with Crippen molar-refractivity contribution in [2.24, 2.45) is 5.92 Å². The van der Waals surface area contributed by atoms with Crippen LogP contribution >= 0.6 is 0 Å². The molecule has 0 saturated heterocycles. The van der Waals surface area contributed by atoms with Gasteiger partial charge in [0.2, 0.25) is 0 Å². The fourth-order valence-corrected chi connectivity index (χ4v) is 5.52. The van der Waals surface area contributed by atoms with Crippen molar-refractivity contribution in [3.05, 3.63) is 58.7 Å². The fraction of sp³-hybridized carbons (Fsp3) is 0.613. The topological polar surface area (TPSA) is 6.48 Å². The lowest BCUT2D eigenvalue weighted by Gasteiger charge is -2.40. The van der Waals surface area contributed by atoms with Gasteiger partial charge >= 0.3 is 0 Å². The first-order chi connectivity index (χ1) is 15.2. The van der Waals surface area contributed by atoms with E-state index >= 15 is 0 Å². The average Bonchev–Trinajstić information content (AvgIpc) is 2.98. The van der Waals surface area contributed by atoms with Crippen molar-refractivity contribution >= 4 is 0 Å². The van der Waals surface area contributed by atoms with E-state index in [9.17, 15) is 0 Å². The summed E-state index contributed by atoms with van der Waals surface area (Å²) in [6, 6.07) is 14.7. The Labute approximate surface area is 204 Å². The Hall–Kier alpha value is -1.64. The molecule has 33 heavy (non-hydrogen) atoms. The maximum Gasteiger partial charge on any atom is 0.0253 e. The highest BCUT2D eigenvalue weighted by Gasteiger charge is 2.47. The highest BCUT2D eigenvalue weighted by atomic mass is 15.1. The van der Waals surface area contributed by atoms with Crippen molar-refractivity contribution in [1.29, 1.82) is 0 Å². The van der Waals surface area contributed by atoms with Gasteiger partial charge in [-0.15, -0.1) is 0 Å². The van der Waals surface area contributed by atoms with E-state index in [1.807, 2.05) is 0 Å². The molecule has 0 aliphatic heterocycles. The third-order valence-electron chi connectivity index (χ3n) is 7.83. The SMILES string of the molecule is CC(CCN(C)C)C1(CCN(C)C)c2cc(C(C)(C)C)ccc2-c2ccc(C(C)(C)C)cc21. The van der Waals surface area contributed by atoms with E-state index in [-0.39, 0.29) is 16.2 Å². The smallest absolute Gasteiger partial charge is 0.0253 e. The van der Waals surface area contributed by atoms with Crippen molar-refractivity contribution in [3.8, 4) is 11.1 Å². The Morgan fingerprint density at radius 1 is 0.697 bits per heavy atom. The van der Waals surface area contributed by atoms with Gasteiger partial charge in [0.05, 0.1) is 0 Å². The van der Waals surface area contributed by atoms with Crippen LogP contribution in [0.4, 0.5) is 0 Å². The summed E-state index contributed by atoms with van der Waals surface area (Å²) >= 11 is 0. The molecule has 1 aliphatic carbocycles. The van der Waals surface area contributed by atoms with Gasteiger partial charge in [-0.25, -0.2) is 0 Å². The summed E-state index contributed by atoms with van der Waals surface area (Å²) in [7, 11) is 8.83. The van der Waals surface area contributed by atoms with Gasteiger partial charge in [0, 0.05) is 5.41 Å². The Kier molecular flexibility index (Phi) is 7.23. The molecule has 0 bridgehead atoms. The second kappa shape index (κ2) is 9.19. The standard InChI is InChI=1S/C31H48N2/c1-22(16-18-32(8)9)31(17-19-33(10)11)27-20-23(29(2,3)4)12-14-25(27)26-15-13-24(21-28(26)31)30(5,6)7/h12-15,20-22H,16-19H2,1-11H3. The van der Waals surface area contributed by atoms with Gasteiger partial charge in [0.1, 0.15) is 0 Å². The Bertz CT molecular complexity index is 906. The van der Waals surface area contributed by atoms with Crippen molar-refractivity contribution in [1.82, 2.24) is 9.80 Å². The van der Waals surface area contributed by atoms with Gasteiger partial charge < -0.3 is 9.80 Å². The summed E-state index contributed by atoms with van der Waals surface area (Å²) in [4.78, 5) is 4.70. The lowest BCUT2D eigenvalue weighted by molar-refractivity contribution is 0.247. The number of nitrogens with zero attached hydrogens (tertiary/aromatic N) is 2. The van der Waals surface area contributed by atoms with Crippen LogP contribution in [0, 0.1) is 5.92 Å². The number of fused-ring (bicyclic) bond motifs is 3. The molecular weight excluding hydrogens is 400 g/mol. The summed E-state index contributed by atoms with van der Waals surface area (Å²) < 4.78 is 0. The average molecular weight is 449 g/mol. The van der Waals surface area contributed by atoms with Gasteiger partial charge in [0.15, 0.2) is 0 Å². The molecule has 2 aromatic rings. The zero-order valence-electron chi connectivity index (χ0n) is 23.3. The normalized spacial score (nSPS) is 16.3. The molecular formula is C31H48N2. The second-order valence-corrected chi connectivity index (χ2v) is 13.0. The summed E-state index contributed by atoms with van der Waals surface area (Å²) in [5.41, 5.74) is 9.23. The fourth-order valence-electron chi connectivity index (χ4n) is 5.52. The summed E-state index contributed by atoms with van der Waals surface area (Å²) in [6.07, 6.45) is 2.34. The molecule has 0 radical (unpaired) electrons. The quantitative estimate of drug-likeness (QED) is 0.446. The van der Waals surface area contributed by atoms with Crippen molar-refractivity contribution < 1.29 is 0 Å². The monoisotopic (exact) mass is 448 g/mol. The number of benzene rings is 2. The number of hydrogen-bond acceptors (Lipinski definition) is 2. The van der Waals surface area contributed by atoms with Gasteiger partial charge in [-0.1, -0.05) is 84.9 Å². The minimum absolute atomic E-state index is 0.0352. The van der Waals surface area contributed by atoms with Crippen LogP contribution in [0.25, 0.3) is 11.1 Å². The van der Waals surface area contributed by atoms with Crippen LogP contribution in [-0.2, 0) is 16.2 Å². The Morgan fingerprint density at radius 2 is 1.12 bits per heavy atom. The van der Waals surface area contributed by atoms with Crippen LogP contribution in [0.5, 0.6) is 0 Å². The first kappa shape index (κ1) is 26.0. The molecule has 3 rings (SSSR count). The molecule has 2 heteroatoms. The summed E-state index contributed by atoms with van der Waals surface area (Å²) in [5.74, 6) is 0.547. The molecule has 1 unspecified atom stereocenters. The van der Waals surface area contributed by atoms with Crippen molar-refractivity contribution in [3.63, 3.8) is 0 Å². The lowest BCUT2D eigenvalue weighted by Crippen LogP contribution is -2.38. The van der Waals surface area contributed by atoms with Crippen LogP contribution in [0.1, 0.15) is 83.6 Å².